The normalized spacial score (nSPS) is 10.7. The molecule has 0 bridgehead atoms. The number of aromatic nitrogens is 4. The van der Waals surface area contributed by atoms with Crippen LogP contribution >= 0.6 is 23.1 Å². The third-order valence-electron chi connectivity index (χ3n) is 2.41. The van der Waals surface area contributed by atoms with E-state index in [0.29, 0.717) is 16.4 Å². The van der Waals surface area contributed by atoms with E-state index in [1.165, 1.54) is 22.3 Å². The zero-order valence-corrected chi connectivity index (χ0v) is 10.6. The molecule has 0 saturated carbocycles. The molecular formula is C11H7ClN4OS. The van der Waals surface area contributed by atoms with Crippen LogP contribution in [0, 0.1) is 0 Å². The van der Waals surface area contributed by atoms with Gasteiger partial charge in [-0.3, -0.25) is 0 Å². The Morgan fingerprint density at radius 2 is 2.22 bits per heavy atom. The smallest absolute Gasteiger partial charge is 0.141 e. The zero-order valence-electron chi connectivity index (χ0n) is 8.99. The minimum atomic E-state index is 0.0966. The number of aromatic hydroxyl groups is 1. The number of nitrogens with zero attached hydrogens (tertiary/aromatic N) is 4. The lowest BCUT2D eigenvalue weighted by molar-refractivity contribution is 0.470. The number of halogens is 1. The van der Waals surface area contributed by atoms with Crippen molar-refractivity contribution in [2.45, 2.75) is 0 Å². The van der Waals surface area contributed by atoms with Gasteiger partial charge in [-0.15, -0.1) is 5.10 Å². The fourth-order valence-corrected chi connectivity index (χ4v) is 2.22. The topological polar surface area (TPSA) is 63.8 Å². The number of benzene rings is 1. The zero-order chi connectivity index (χ0) is 12.5. The maximum Gasteiger partial charge on any atom is 0.141 e. The molecule has 1 aromatic carbocycles. The highest BCUT2D eigenvalue weighted by molar-refractivity contribution is 7.03. The van der Waals surface area contributed by atoms with Gasteiger partial charge < -0.3 is 5.11 Å². The van der Waals surface area contributed by atoms with E-state index in [1.54, 1.807) is 24.5 Å². The van der Waals surface area contributed by atoms with Crippen molar-refractivity contribution in [1.82, 2.24) is 19.4 Å². The van der Waals surface area contributed by atoms with Gasteiger partial charge in [0, 0.05) is 16.0 Å². The summed E-state index contributed by atoms with van der Waals surface area (Å²) < 4.78 is 5.49. The Kier molecular flexibility index (Phi) is 2.73. The van der Waals surface area contributed by atoms with Crippen LogP contribution in [0.3, 0.4) is 0 Å². The second-order valence-electron chi connectivity index (χ2n) is 3.59. The predicted octanol–water partition coefficient (Wildman–Crippen LogP) is 2.75. The first kappa shape index (κ1) is 11.2. The van der Waals surface area contributed by atoms with Crippen LogP contribution in [-0.4, -0.2) is 24.5 Å². The molecule has 7 heteroatoms. The first-order valence-corrected chi connectivity index (χ1v) is 6.26. The van der Waals surface area contributed by atoms with E-state index >= 15 is 0 Å². The maximum atomic E-state index is 9.77. The lowest BCUT2D eigenvalue weighted by atomic mass is 10.3. The highest BCUT2D eigenvalue weighted by atomic mass is 35.5. The molecule has 0 fully saturated rings. The molecule has 0 saturated heterocycles. The van der Waals surface area contributed by atoms with Crippen LogP contribution in [-0.2, 0) is 0 Å². The number of hydrogen-bond acceptors (Lipinski definition) is 5. The summed E-state index contributed by atoms with van der Waals surface area (Å²) in [5, 5.41) is 20.2. The quantitative estimate of drug-likeness (QED) is 0.783. The molecule has 2 aromatic heterocycles. The monoisotopic (exact) mass is 278 g/mol. The minimum Gasteiger partial charge on any atom is -0.506 e. The summed E-state index contributed by atoms with van der Waals surface area (Å²) in [6.07, 6.45) is 3.44. The molecule has 18 heavy (non-hydrogen) atoms. The van der Waals surface area contributed by atoms with E-state index in [1.807, 2.05) is 5.38 Å². The summed E-state index contributed by atoms with van der Waals surface area (Å²) in [5.74, 6) is 0.0966. The van der Waals surface area contributed by atoms with Gasteiger partial charge in [0.15, 0.2) is 0 Å². The molecule has 0 aliphatic rings. The lowest BCUT2D eigenvalue weighted by Crippen LogP contribution is -1.95. The van der Waals surface area contributed by atoms with Gasteiger partial charge in [-0.25, -0.2) is 9.06 Å². The Balaban J connectivity index is 2.05. The van der Waals surface area contributed by atoms with Crippen LogP contribution in [0.15, 0.2) is 36.0 Å². The number of phenols is 1. The molecule has 3 rings (SSSR count). The SMILES string of the molecule is Oc1ccc(Cl)cc1-n1cc(-c2cnsc2)nn1. The van der Waals surface area contributed by atoms with Gasteiger partial charge in [0.2, 0.25) is 0 Å². The maximum absolute atomic E-state index is 9.77. The summed E-state index contributed by atoms with van der Waals surface area (Å²) in [7, 11) is 0. The van der Waals surface area contributed by atoms with Gasteiger partial charge in [-0.2, -0.15) is 0 Å². The average Bonchev–Trinajstić information content (AvgIpc) is 3.00. The van der Waals surface area contributed by atoms with Crippen molar-refractivity contribution in [2.75, 3.05) is 0 Å². The molecule has 0 unspecified atom stereocenters. The predicted molar refractivity (Wildman–Crippen MR) is 69.1 cm³/mol. The second-order valence-corrected chi connectivity index (χ2v) is 4.69. The van der Waals surface area contributed by atoms with Gasteiger partial charge in [-0.05, 0) is 29.7 Å². The van der Waals surface area contributed by atoms with Crippen molar-refractivity contribution in [3.8, 4) is 22.7 Å². The van der Waals surface area contributed by atoms with Gasteiger partial charge in [0.1, 0.15) is 17.1 Å². The second kappa shape index (κ2) is 4.40. The lowest BCUT2D eigenvalue weighted by Gasteiger charge is -2.03. The molecule has 0 amide bonds. The molecule has 0 aliphatic carbocycles. The van der Waals surface area contributed by atoms with E-state index in [2.05, 4.69) is 14.7 Å². The van der Waals surface area contributed by atoms with Crippen LogP contribution < -0.4 is 0 Å². The van der Waals surface area contributed by atoms with Gasteiger partial charge in [0.25, 0.3) is 0 Å². The minimum absolute atomic E-state index is 0.0966. The van der Waals surface area contributed by atoms with Crippen molar-refractivity contribution >= 4 is 23.1 Å². The summed E-state index contributed by atoms with van der Waals surface area (Å²) in [5.41, 5.74) is 2.08. The molecule has 0 spiro atoms. The van der Waals surface area contributed by atoms with Crippen molar-refractivity contribution in [3.63, 3.8) is 0 Å². The molecule has 5 nitrogen and oxygen atoms in total. The first-order valence-electron chi connectivity index (χ1n) is 5.05. The Labute approximate surface area is 111 Å². The van der Waals surface area contributed by atoms with Crippen LogP contribution in [0.5, 0.6) is 5.75 Å². The largest absolute Gasteiger partial charge is 0.506 e. The van der Waals surface area contributed by atoms with Crippen LogP contribution in [0.2, 0.25) is 5.02 Å². The van der Waals surface area contributed by atoms with Crippen molar-refractivity contribution in [1.29, 1.82) is 0 Å². The third-order valence-corrected chi connectivity index (χ3v) is 3.23. The molecule has 0 aliphatic heterocycles. The van der Waals surface area contributed by atoms with Crippen molar-refractivity contribution in [3.05, 3.63) is 41.0 Å². The molecule has 0 atom stereocenters. The summed E-state index contributed by atoms with van der Waals surface area (Å²) in [4.78, 5) is 0. The molecular weight excluding hydrogens is 272 g/mol. The third kappa shape index (κ3) is 1.96. The number of rotatable bonds is 2. The van der Waals surface area contributed by atoms with Crippen LogP contribution in [0.4, 0.5) is 0 Å². The van der Waals surface area contributed by atoms with Gasteiger partial charge >= 0.3 is 0 Å². The molecule has 2 heterocycles. The van der Waals surface area contributed by atoms with E-state index < -0.39 is 0 Å². The van der Waals surface area contributed by atoms with E-state index in [4.69, 9.17) is 11.6 Å². The van der Waals surface area contributed by atoms with E-state index in [0.717, 1.165) is 5.56 Å². The van der Waals surface area contributed by atoms with Crippen molar-refractivity contribution in [2.24, 2.45) is 0 Å². The Bertz CT molecular complexity index is 680. The highest BCUT2D eigenvalue weighted by Gasteiger charge is 2.09. The average molecular weight is 279 g/mol. The number of phenolic OH excluding ortho intramolecular Hbond substituents is 1. The Hall–Kier alpha value is -1.92. The number of hydrogen-bond donors (Lipinski definition) is 1. The molecule has 3 aromatic rings. The molecule has 0 radical (unpaired) electrons. The fraction of sp³-hybridized carbons (Fsp3) is 0. The summed E-state index contributed by atoms with van der Waals surface area (Å²) in [6, 6.07) is 4.76. The van der Waals surface area contributed by atoms with Gasteiger partial charge in [-0.1, -0.05) is 16.8 Å². The summed E-state index contributed by atoms with van der Waals surface area (Å²) in [6.45, 7) is 0. The standard InChI is InChI=1S/C11H7ClN4OS/c12-8-1-2-11(17)10(3-8)16-5-9(14-15-16)7-4-13-18-6-7/h1-6,17H. The van der Waals surface area contributed by atoms with Crippen molar-refractivity contribution < 1.29 is 5.11 Å². The van der Waals surface area contributed by atoms with E-state index in [9.17, 15) is 5.11 Å². The highest BCUT2D eigenvalue weighted by Crippen LogP contribution is 2.26. The summed E-state index contributed by atoms with van der Waals surface area (Å²) >= 11 is 7.24. The van der Waals surface area contributed by atoms with Gasteiger partial charge in [0.05, 0.1) is 12.4 Å². The molecule has 90 valence electrons. The van der Waals surface area contributed by atoms with E-state index in [-0.39, 0.29) is 5.75 Å². The van der Waals surface area contributed by atoms with Crippen LogP contribution in [0.1, 0.15) is 0 Å². The first-order chi connectivity index (χ1) is 8.74. The Morgan fingerprint density at radius 3 is 3.00 bits per heavy atom. The Morgan fingerprint density at radius 1 is 1.33 bits per heavy atom. The fourth-order valence-electron chi connectivity index (χ4n) is 1.53. The van der Waals surface area contributed by atoms with Crippen LogP contribution in [0.25, 0.3) is 16.9 Å². The molecule has 1 N–H and O–H groups in total.